The lowest BCUT2D eigenvalue weighted by Gasteiger charge is -2.13. The Bertz CT molecular complexity index is 864. The summed E-state index contributed by atoms with van der Waals surface area (Å²) in [5, 5.41) is 1.01. The molecule has 112 valence electrons. The van der Waals surface area contributed by atoms with Gasteiger partial charge in [0, 0.05) is 25.3 Å². The summed E-state index contributed by atoms with van der Waals surface area (Å²) in [5.41, 5.74) is 3.34. The highest BCUT2D eigenvalue weighted by Crippen LogP contribution is 2.24. The smallest absolute Gasteiger partial charge is 0.256 e. The maximum atomic E-state index is 12.4. The van der Waals surface area contributed by atoms with Gasteiger partial charge in [0.1, 0.15) is 5.75 Å². The third-order valence-corrected chi connectivity index (χ3v) is 3.75. The molecule has 0 radical (unpaired) electrons. The van der Waals surface area contributed by atoms with Gasteiger partial charge in [-0.3, -0.25) is 4.79 Å². The Labute approximate surface area is 129 Å². The van der Waals surface area contributed by atoms with E-state index in [0.717, 1.165) is 27.9 Å². The van der Waals surface area contributed by atoms with Crippen LogP contribution >= 0.6 is 0 Å². The minimum absolute atomic E-state index is 0.0893. The Morgan fingerprint density at radius 2 is 1.73 bits per heavy atom. The van der Waals surface area contributed by atoms with Crippen molar-refractivity contribution in [1.82, 2.24) is 4.98 Å². The molecule has 1 heterocycles. The van der Waals surface area contributed by atoms with Crippen LogP contribution in [-0.4, -0.2) is 26.2 Å². The van der Waals surface area contributed by atoms with E-state index < -0.39 is 0 Å². The number of hydrogen-bond donors (Lipinski definition) is 1. The van der Waals surface area contributed by atoms with Crippen LogP contribution in [0.1, 0.15) is 0 Å². The zero-order chi connectivity index (χ0) is 15.7. The Morgan fingerprint density at radius 1 is 1.00 bits per heavy atom. The molecule has 4 nitrogen and oxygen atoms in total. The van der Waals surface area contributed by atoms with Crippen molar-refractivity contribution in [1.29, 1.82) is 0 Å². The van der Waals surface area contributed by atoms with E-state index >= 15 is 0 Å². The second-order valence-corrected chi connectivity index (χ2v) is 5.41. The second-order valence-electron chi connectivity index (χ2n) is 5.41. The highest BCUT2D eigenvalue weighted by atomic mass is 16.5. The number of fused-ring (bicyclic) bond motifs is 1. The first-order valence-electron chi connectivity index (χ1n) is 7.07. The standard InChI is InChI=1S/C18H18N2O2/c1-20(2)14-7-4-13-10-16(18(21)19-17(13)11-14)12-5-8-15(22-3)9-6-12/h4-11H,1-3H3,(H,19,21). The van der Waals surface area contributed by atoms with Crippen LogP contribution in [0, 0.1) is 0 Å². The number of nitrogens with one attached hydrogen (secondary N) is 1. The number of methoxy groups -OCH3 is 1. The molecule has 0 aliphatic heterocycles. The number of nitrogens with zero attached hydrogens (tertiary/aromatic N) is 1. The van der Waals surface area contributed by atoms with E-state index in [1.165, 1.54) is 0 Å². The molecular formula is C18H18N2O2. The number of aromatic nitrogens is 1. The Morgan fingerprint density at radius 3 is 2.36 bits per heavy atom. The van der Waals surface area contributed by atoms with E-state index in [9.17, 15) is 4.79 Å². The predicted octanol–water partition coefficient (Wildman–Crippen LogP) is 3.27. The van der Waals surface area contributed by atoms with Crippen LogP contribution in [-0.2, 0) is 0 Å². The van der Waals surface area contributed by atoms with Crippen LogP contribution < -0.4 is 15.2 Å². The third-order valence-electron chi connectivity index (χ3n) is 3.75. The van der Waals surface area contributed by atoms with Crippen LogP contribution in [0.25, 0.3) is 22.0 Å². The summed E-state index contributed by atoms with van der Waals surface area (Å²) < 4.78 is 5.15. The predicted molar refractivity (Wildman–Crippen MR) is 90.9 cm³/mol. The third kappa shape index (κ3) is 2.55. The lowest BCUT2D eigenvalue weighted by atomic mass is 10.0. The maximum Gasteiger partial charge on any atom is 0.256 e. The number of benzene rings is 2. The van der Waals surface area contributed by atoms with E-state index in [4.69, 9.17) is 4.74 Å². The van der Waals surface area contributed by atoms with Crippen LogP contribution in [0.5, 0.6) is 5.75 Å². The van der Waals surface area contributed by atoms with Gasteiger partial charge in [-0.1, -0.05) is 18.2 Å². The van der Waals surface area contributed by atoms with Crippen molar-refractivity contribution in [2.24, 2.45) is 0 Å². The molecule has 0 fully saturated rings. The molecule has 0 atom stereocenters. The SMILES string of the molecule is COc1ccc(-c2cc3ccc(N(C)C)cc3[nH]c2=O)cc1. The molecule has 0 saturated carbocycles. The number of pyridine rings is 1. The first-order valence-corrected chi connectivity index (χ1v) is 7.07. The number of ether oxygens (including phenoxy) is 1. The molecule has 0 aliphatic carbocycles. The van der Waals surface area contributed by atoms with Crippen molar-refractivity contribution in [2.45, 2.75) is 0 Å². The normalized spacial score (nSPS) is 10.7. The number of H-pyrrole nitrogens is 1. The lowest BCUT2D eigenvalue weighted by molar-refractivity contribution is 0.415. The highest BCUT2D eigenvalue weighted by Gasteiger charge is 2.07. The maximum absolute atomic E-state index is 12.4. The number of rotatable bonds is 3. The molecule has 3 aromatic rings. The highest BCUT2D eigenvalue weighted by molar-refractivity contribution is 5.86. The largest absolute Gasteiger partial charge is 0.497 e. The Balaban J connectivity index is 2.12. The van der Waals surface area contributed by atoms with E-state index in [2.05, 4.69) is 4.98 Å². The summed E-state index contributed by atoms with van der Waals surface area (Å²) in [6.07, 6.45) is 0. The number of hydrogen-bond acceptors (Lipinski definition) is 3. The molecule has 0 aliphatic rings. The van der Waals surface area contributed by atoms with Gasteiger partial charge >= 0.3 is 0 Å². The molecular weight excluding hydrogens is 276 g/mol. The van der Waals surface area contributed by atoms with Crippen molar-refractivity contribution in [2.75, 3.05) is 26.1 Å². The van der Waals surface area contributed by atoms with E-state index in [0.29, 0.717) is 5.56 Å². The fourth-order valence-corrected chi connectivity index (χ4v) is 2.45. The first-order chi connectivity index (χ1) is 10.6. The summed E-state index contributed by atoms with van der Waals surface area (Å²) in [7, 11) is 5.58. The number of anilines is 1. The van der Waals surface area contributed by atoms with Gasteiger partial charge in [-0.2, -0.15) is 0 Å². The number of aromatic amines is 1. The molecule has 0 amide bonds. The summed E-state index contributed by atoms with van der Waals surface area (Å²) in [4.78, 5) is 17.3. The van der Waals surface area contributed by atoms with Crippen molar-refractivity contribution in [3.8, 4) is 16.9 Å². The van der Waals surface area contributed by atoms with Gasteiger partial charge in [-0.25, -0.2) is 0 Å². The van der Waals surface area contributed by atoms with E-state index in [-0.39, 0.29) is 5.56 Å². The molecule has 2 aromatic carbocycles. The quantitative estimate of drug-likeness (QED) is 0.806. The molecule has 4 heteroatoms. The zero-order valence-electron chi connectivity index (χ0n) is 12.9. The monoisotopic (exact) mass is 294 g/mol. The molecule has 0 saturated heterocycles. The summed E-state index contributed by atoms with van der Waals surface area (Å²) in [5.74, 6) is 0.775. The van der Waals surface area contributed by atoms with Crippen LogP contribution in [0.2, 0.25) is 0 Å². The average Bonchev–Trinajstić information content (AvgIpc) is 2.53. The molecule has 0 spiro atoms. The van der Waals surface area contributed by atoms with Crippen molar-refractivity contribution < 1.29 is 4.74 Å². The van der Waals surface area contributed by atoms with Gasteiger partial charge in [-0.15, -0.1) is 0 Å². The van der Waals surface area contributed by atoms with Gasteiger partial charge in [0.05, 0.1) is 12.6 Å². The molecule has 22 heavy (non-hydrogen) atoms. The van der Waals surface area contributed by atoms with E-state index in [1.807, 2.05) is 67.5 Å². The Kier molecular flexibility index (Phi) is 3.59. The van der Waals surface area contributed by atoms with Crippen molar-refractivity contribution in [3.63, 3.8) is 0 Å². The molecule has 1 aromatic heterocycles. The summed E-state index contributed by atoms with van der Waals surface area (Å²) >= 11 is 0. The molecule has 1 N–H and O–H groups in total. The summed E-state index contributed by atoms with van der Waals surface area (Å²) in [6, 6.07) is 15.5. The van der Waals surface area contributed by atoms with E-state index in [1.54, 1.807) is 7.11 Å². The second kappa shape index (κ2) is 5.56. The van der Waals surface area contributed by atoms with Gasteiger partial charge in [0.2, 0.25) is 0 Å². The molecule has 0 bridgehead atoms. The Hall–Kier alpha value is -2.75. The van der Waals surface area contributed by atoms with Gasteiger partial charge in [-0.05, 0) is 41.3 Å². The van der Waals surface area contributed by atoms with Crippen molar-refractivity contribution in [3.05, 3.63) is 58.9 Å². The zero-order valence-corrected chi connectivity index (χ0v) is 12.9. The minimum Gasteiger partial charge on any atom is -0.497 e. The molecule has 0 unspecified atom stereocenters. The van der Waals surface area contributed by atoms with Gasteiger partial charge in [0.15, 0.2) is 0 Å². The van der Waals surface area contributed by atoms with Crippen LogP contribution in [0.4, 0.5) is 5.69 Å². The fourth-order valence-electron chi connectivity index (χ4n) is 2.45. The summed E-state index contributed by atoms with van der Waals surface area (Å²) in [6.45, 7) is 0. The first kappa shape index (κ1) is 14.2. The molecule has 3 rings (SSSR count). The average molecular weight is 294 g/mol. The van der Waals surface area contributed by atoms with Gasteiger partial charge in [0.25, 0.3) is 5.56 Å². The topological polar surface area (TPSA) is 45.3 Å². The fraction of sp³-hybridized carbons (Fsp3) is 0.167. The van der Waals surface area contributed by atoms with Crippen LogP contribution in [0.3, 0.4) is 0 Å². The lowest BCUT2D eigenvalue weighted by Crippen LogP contribution is -2.11. The minimum atomic E-state index is -0.0893. The van der Waals surface area contributed by atoms with Gasteiger partial charge < -0.3 is 14.6 Å². The van der Waals surface area contributed by atoms with Crippen molar-refractivity contribution >= 4 is 16.6 Å². The van der Waals surface area contributed by atoms with Crippen LogP contribution in [0.15, 0.2) is 53.3 Å².